The highest BCUT2D eigenvalue weighted by molar-refractivity contribution is 5.88. The Morgan fingerprint density at radius 3 is 2.00 bits per heavy atom. The number of rotatable bonds is 8. The molecule has 0 fully saturated rings. The second-order valence-electron chi connectivity index (χ2n) is 6.55. The van der Waals surface area contributed by atoms with Gasteiger partial charge in [0, 0.05) is 14.1 Å². The van der Waals surface area contributed by atoms with E-state index in [1.165, 1.54) is 11.3 Å². The average molecular weight is 407 g/mol. The van der Waals surface area contributed by atoms with Crippen molar-refractivity contribution in [3.8, 4) is 0 Å². The first-order valence-electron chi connectivity index (χ1n) is 9.06. The number of carbonyl (C=O) groups is 1. The molecule has 10 nitrogen and oxygen atoms in total. The zero-order chi connectivity index (χ0) is 21.5. The van der Waals surface area contributed by atoms with Crippen molar-refractivity contribution in [2.45, 2.75) is 5.92 Å². The molecule has 1 heterocycles. The summed E-state index contributed by atoms with van der Waals surface area (Å²) in [5, 5.41) is 13.1. The van der Waals surface area contributed by atoms with Crippen LogP contribution >= 0.6 is 0 Å². The van der Waals surface area contributed by atoms with Gasteiger partial charge in [0.05, 0.1) is 10.8 Å². The Kier molecular flexibility index (Phi) is 6.50. The molecule has 0 radical (unpaired) electrons. The highest BCUT2D eigenvalue weighted by Crippen LogP contribution is 2.29. The molecular formula is C20H21N7O3. The Bertz CT molecular complexity index is 974. The number of hydrogen-bond donors (Lipinski definition) is 3. The van der Waals surface area contributed by atoms with Gasteiger partial charge in [-0.15, -0.1) is 0 Å². The van der Waals surface area contributed by atoms with Gasteiger partial charge >= 0.3 is 5.69 Å². The van der Waals surface area contributed by atoms with Crippen molar-refractivity contribution in [3.63, 3.8) is 0 Å². The molecule has 2 aromatic carbocycles. The minimum Gasteiger partial charge on any atom is -0.298 e. The van der Waals surface area contributed by atoms with Crippen LogP contribution in [0.2, 0.25) is 0 Å². The number of nitro groups is 1. The van der Waals surface area contributed by atoms with Gasteiger partial charge in [0.15, 0.2) is 0 Å². The lowest BCUT2D eigenvalue weighted by atomic mass is 9.91. The molecule has 0 aliphatic carbocycles. The van der Waals surface area contributed by atoms with Crippen LogP contribution in [0.1, 0.15) is 17.0 Å². The molecule has 1 aromatic heterocycles. The van der Waals surface area contributed by atoms with E-state index < -0.39 is 10.8 Å². The Morgan fingerprint density at radius 2 is 1.50 bits per heavy atom. The monoisotopic (exact) mass is 407 g/mol. The molecule has 3 N–H and O–H groups in total. The molecular weight excluding hydrogens is 386 g/mol. The summed E-state index contributed by atoms with van der Waals surface area (Å²) in [5.74, 6) is -1.13. The van der Waals surface area contributed by atoms with Gasteiger partial charge in [0.2, 0.25) is 17.5 Å². The molecule has 30 heavy (non-hydrogen) atoms. The second kappa shape index (κ2) is 9.43. The van der Waals surface area contributed by atoms with Crippen LogP contribution in [-0.2, 0) is 4.79 Å². The SMILES string of the molecule is CN(C)Nc1ncnc(NNC(=O)C(c2ccccc2)c2ccccc2)c1[N+](=O)[O-]. The summed E-state index contributed by atoms with van der Waals surface area (Å²) >= 11 is 0. The largest absolute Gasteiger partial charge is 0.356 e. The van der Waals surface area contributed by atoms with Crippen molar-refractivity contribution < 1.29 is 9.72 Å². The summed E-state index contributed by atoms with van der Waals surface area (Å²) in [5.41, 5.74) is 9.06. The molecule has 3 rings (SSSR count). The summed E-state index contributed by atoms with van der Waals surface area (Å²) in [6, 6.07) is 18.5. The molecule has 0 unspecified atom stereocenters. The van der Waals surface area contributed by atoms with Gasteiger partial charge in [-0.25, -0.2) is 15.0 Å². The molecule has 10 heteroatoms. The topological polar surface area (TPSA) is 125 Å². The summed E-state index contributed by atoms with van der Waals surface area (Å²) in [6.45, 7) is 0. The lowest BCUT2D eigenvalue weighted by molar-refractivity contribution is -0.383. The molecule has 0 aliphatic heterocycles. The molecule has 1 amide bonds. The van der Waals surface area contributed by atoms with Gasteiger partial charge in [0.1, 0.15) is 6.33 Å². The van der Waals surface area contributed by atoms with E-state index in [0.717, 1.165) is 11.1 Å². The average Bonchev–Trinajstić information content (AvgIpc) is 2.73. The third kappa shape index (κ3) is 4.86. The standard InChI is InChI=1S/C20H21N7O3/c1-26(2)25-19-17(27(29)30)18(21-13-22-19)23-24-20(28)16(14-9-5-3-6-10-14)15-11-7-4-8-12-15/h3-13,16H,1-2H3,(H,24,28)(H2,21,22,23,25). The fraction of sp³-hybridized carbons (Fsp3) is 0.150. The number of hydrogen-bond acceptors (Lipinski definition) is 8. The molecule has 0 saturated carbocycles. The summed E-state index contributed by atoms with van der Waals surface area (Å²) in [4.78, 5) is 31.8. The van der Waals surface area contributed by atoms with Crippen LogP contribution in [0.5, 0.6) is 0 Å². The van der Waals surface area contributed by atoms with E-state index in [1.807, 2.05) is 60.7 Å². The quantitative estimate of drug-likeness (QED) is 0.384. The van der Waals surface area contributed by atoms with E-state index in [1.54, 1.807) is 14.1 Å². The number of hydrazine groups is 2. The van der Waals surface area contributed by atoms with Crippen LogP contribution in [0.4, 0.5) is 17.3 Å². The van der Waals surface area contributed by atoms with E-state index in [-0.39, 0.29) is 23.2 Å². The van der Waals surface area contributed by atoms with Gasteiger partial charge in [-0.2, -0.15) is 0 Å². The van der Waals surface area contributed by atoms with E-state index in [0.29, 0.717) is 0 Å². The summed E-state index contributed by atoms with van der Waals surface area (Å²) in [6.07, 6.45) is 1.17. The number of anilines is 2. The number of aromatic nitrogens is 2. The van der Waals surface area contributed by atoms with Gasteiger partial charge < -0.3 is 0 Å². The van der Waals surface area contributed by atoms with Gasteiger partial charge in [-0.3, -0.25) is 31.2 Å². The van der Waals surface area contributed by atoms with Crippen LogP contribution in [0.3, 0.4) is 0 Å². The normalized spacial score (nSPS) is 10.7. The maximum atomic E-state index is 13.1. The lowest BCUT2D eigenvalue weighted by Gasteiger charge is -2.19. The second-order valence-corrected chi connectivity index (χ2v) is 6.55. The molecule has 154 valence electrons. The van der Waals surface area contributed by atoms with E-state index in [9.17, 15) is 14.9 Å². The first-order valence-corrected chi connectivity index (χ1v) is 9.06. The molecule has 0 atom stereocenters. The van der Waals surface area contributed by atoms with Crippen LogP contribution in [-0.4, -0.2) is 39.9 Å². The van der Waals surface area contributed by atoms with Crippen molar-refractivity contribution in [1.29, 1.82) is 0 Å². The molecule has 3 aromatic rings. The maximum Gasteiger partial charge on any atom is 0.356 e. The van der Waals surface area contributed by atoms with Gasteiger partial charge in [-0.05, 0) is 11.1 Å². The Hall–Kier alpha value is -4.05. The predicted octanol–water partition coefficient (Wildman–Crippen LogP) is 2.55. The highest BCUT2D eigenvalue weighted by atomic mass is 16.6. The minimum atomic E-state index is -0.619. The zero-order valence-corrected chi connectivity index (χ0v) is 16.4. The number of carbonyl (C=O) groups excluding carboxylic acids is 1. The smallest absolute Gasteiger partial charge is 0.298 e. The highest BCUT2D eigenvalue weighted by Gasteiger charge is 2.26. The Balaban J connectivity index is 1.87. The van der Waals surface area contributed by atoms with Crippen LogP contribution in [0.25, 0.3) is 0 Å². The number of benzene rings is 2. The van der Waals surface area contributed by atoms with Crippen molar-refractivity contribution in [3.05, 3.63) is 88.2 Å². The maximum absolute atomic E-state index is 13.1. The lowest BCUT2D eigenvalue weighted by Crippen LogP contribution is -2.35. The third-order valence-corrected chi connectivity index (χ3v) is 4.17. The van der Waals surface area contributed by atoms with Crippen molar-refractivity contribution in [2.24, 2.45) is 0 Å². The molecule has 0 spiro atoms. The van der Waals surface area contributed by atoms with Crippen LogP contribution < -0.4 is 16.3 Å². The first-order chi connectivity index (χ1) is 14.5. The van der Waals surface area contributed by atoms with E-state index >= 15 is 0 Å². The van der Waals surface area contributed by atoms with Crippen molar-refractivity contribution in [2.75, 3.05) is 24.9 Å². The number of amides is 1. The fourth-order valence-electron chi connectivity index (χ4n) is 2.92. The number of nitrogens with one attached hydrogen (secondary N) is 3. The fourth-order valence-corrected chi connectivity index (χ4v) is 2.92. The van der Waals surface area contributed by atoms with E-state index in [2.05, 4.69) is 26.2 Å². The third-order valence-electron chi connectivity index (χ3n) is 4.17. The molecule has 0 bridgehead atoms. The van der Waals surface area contributed by atoms with Crippen LogP contribution in [0, 0.1) is 10.1 Å². The van der Waals surface area contributed by atoms with Crippen molar-refractivity contribution >= 4 is 23.2 Å². The number of nitrogens with zero attached hydrogens (tertiary/aromatic N) is 4. The van der Waals surface area contributed by atoms with Crippen LogP contribution in [0.15, 0.2) is 67.0 Å². The molecule has 0 aliphatic rings. The Morgan fingerprint density at radius 1 is 0.967 bits per heavy atom. The Labute approximate surface area is 173 Å². The zero-order valence-electron chi connectivity index (χ0n) is 16.4. The summed E-state index contributed by atoms with van der Waals surface area (Å²) < 4.78 is 0. The first kappa shape index (κ1) is 20.7. The van der Waals surface area contributed by atoms with E-state index in [4.69, 9.17) is 0 Å². The molecule has 0 saturated heterocycles. The van der Waals surface area contributed by atoms with Crippen molar-refractivity contribution in [1.82, 2.24) is 20.4 Å². The van der Waals surface area contributed by atoms with Gasteiger partial charge in [-0.1, -0.05) is 60.7 Å². The van der Waals surface area contributed by atoms with Gasteiger partial charge in [0.25, 0.3) is 0 Å². The minimum absolute atomic E-state index is 0.000539. The summed E-state index contributed by atoms with van der Waals surface area (Å²) in [7, 11) is 3.34. The predicted molar refractivity (Wildman–Crippen MR) is 112 cm³/mol.